The minimum Gasteiger partial charge on any atom is -0.444 e. The maximum absolute atomic E-state index is 15.0. The number of ether oxygens (including phenoxy) is 1. The molecule has 3 amide bonds. The van der Waals surface area contributed by atoms with Gasteiger partial charge in [-0.3, -0.25) is 14.4 Å². The average Bonchev–Trinajstić information content (AvgIpc) is 3.65. The molecule has 11 nitrogen and oxygen atoms in total. The zero-order valence-electron chi connectivity index (χ0n) is 32.0. The van der Waals surface area contributed by atoms with E-state index in [9.17, 15) is 19.2 Å². The molecule has 0 saturated heterocycles. The van der Waals surface area contributed by atoms with Crippen LogP contribution >= 0.6 is 0 Å². The monoisotopic (exact) mass is 738 g/mol. The van der Waals surface area contributed by atoms with Gasteiger partial charge in [0.15, 0.2) is 12.5 Å². The molecule has 0 unspecified atom stereocenters. The molecule has 1 atom stereocenters. The maximum atomic E-state index is 15.0. The second-order valence-electron chi connectivity index (χ2n) is 15.6. The molecule has 3 N–H and O–H groups in total. The Morgan fingerprint density at radius 1 is 0.926 bits per heavy atom. The van der Waals surface area contributed by atoms with Gasteiger partial charge in [-0.25, -0.2) is 14.2 Å². The lowest BCUT2D eigenvalue weighted by Crippen LogP contribution is -2.37. The van der Waals surface area contributed by atoms with Crippen molar-refractivity contribution in [3.63, 3.8) is 0 Å². The number of alkyl carbamates (subject to hydrolysis) is 1. The summed E-state index contributed by atoms with van der Waals surface area (Å²) in [5, 5.41) is 16.2. The Hall–Kier alpha value is -5.26. The van der Waals surface area contributed by atoms with Gasteiger partial charge in [0.1, 0.15) is 17.2 Å². The van der Waals surface area contributed by atoms with Crippen LogP contribution in [-0.4, -0.2) is 54.4 Å². The highest BCUT2D eigenvalue weighted by Gasteiger charge is 2.31. The number of ketones is 1. The second kappa shape index (κ2) is 17.7. The van der Waals surface area contributed by atoms with Gasteiger partial charge >= 0.3 is 6.09 Å². The highest BCUT2D eigenvalue weighted by Crippen LogP contribution is 2.32. The van der Waals surface area contributed by atoms with Gasteiger partial charge in [-0.1, -0.05) is 30.3 Å². The largest absolute Gasteiger partial charge is 0.444 e. The van der Waals surface area contributed by atoms with Crippen LogP contribution in [0.5, 0.6) is 0 Å². The predicted molar refractivity (Wildman–Crippen MR) is 207 cm³/mol. The summed E-state index contributed by atoms with van der Waals surface area (Å²) in [4.78, 5) is 56.3. The molecule has 12 heteroatoms. The number of amides is 3. The van der Waals surface area contributed by atoms with Crippen LogP contribution in [0.3, 0.4) is 0 Å². The molecule has 286 valence electrons. The summed E-state index contributed by atoms with van der Waals surface area (Å²) in [7, 11) is 0. The summed E-state index contributed by atoms with van der Waals surface area (Å²) in [5.74, 6) is -1.50. The molecule has 0 aromatic heterocycles. The first-order valence-corrected chi connectivity index (χ1v) is 18.7. The first-order chi connectivity index (χ1) is 25.6. The first-order valence-electron chi connectivity index (χ1n) is 18.7. The lowest BCUT2D eigenvalue weighted by atomic mass is 9.77. The Bertz CT molecular complexity index is 1910. The van der Waals surface area contributed by atoms with E-state index in [0.29, 0.717) is 31.4 Å². The number of Topliss-reactive ketones (excluding diaryl/α,β-unsaturated/α-hetero) is 1. The van der Waals surface area contributed by atoms with Crippen molar-refractivity contribution in [3.8, 4) is 11.1 Å². The van der Waals surface area contributed by atoms with E-state index in [1.165, 1.54) is 12.1 Å². The number of aryl methyl sites for hydroxylation is 1. The van der Waals surface area contributed by atoms with Gasteiger partial charge in [-0.2, -0.15) is 5.11 Å². The van der Waals surface area contributed by atoms with Crippen molar-refractivity contribution in [2.45, 2.75) is 91.7 Å². The molecule has 3 aromatic carbocycles. The number of hydrogen-bond acceptors (Lipinski definition) is 8. The highest BCUT2D eigenvalue weighted by molar-refractivity contribution is 6.01. The van der Waals surface area contributed by atoms with Crippen LogP contribution in [0.2, 0.25) is 0 Å². The summed E-state index contributed by atoms with van der Waals surface area (Å²) in [6, 6.07) is 17.8. The average molecular weight is 739 g/mol. The third-order valence-corrected chi connectivity index (χ3v) is 9.64. The van der Waals surface area contributed by atoms with Crippen LogP contribution in [0, 0.1) is 30.5 Å². The molecule has 2 aliphatic rings. The molecule has 1 fully saturated rings. The van der Waals surface area contributed by atoms with Crippen molar-refractivity contribution in [1.29, 1.82) is 0 Å². The van der Waals surface area contributed by atoms with E-state index in [4.69, 9.17) is 4.74 Å². The standard InChI is InChI=1S/C42H51FN6O5/c1-25(2)47-39(51)31-15-17-34(26(3)19-31)29-11-7-27(8-12-29)20-32(40(52)48-33-16-18-35(36(43)22-33)38-45-24-46-49-38)21-37(50)30-13-9-28(10-14-30)23-44-41(53)54-42(4,5)6/h7-8,11-12,15-19,22,25,28,30,32H,9-10,13-14,20-21,23-24H2,1-6H3,(H,44,53)(H,47,51)(H,48,52)/t28?,30?,32-/m1/s1. The number of anilines is 1. The van der Waals surface area contributed by atoms with E-state index in [0.717, 1.165) is 35.1 Å². The normalized spacial score (nSPS) is 17.4. The molecule has 5 rings (SSSR count). The fourth-order valence-corrected chi connectivity index (χ4v) is 6.86. The van der Waals surface area contributed by atoms with Crippen LogP contribution < -0.4 is 16.0 Å². The van der Waals surface area contributed by atoms with Crippen molar-refractivity contribution >= 4 is 35.2 Å². The molecule has 3 aromatic rings. The van der Waals surface area contributed by atoms with Crippen LogP contribution in [0.25, 0.3) is 11.1 Å². The Labute approximate surface area is 316 Å². The van der Waals surface area contributed by atoms with E-state index in [1.54, 1.807) is 6.07 Å². The van der Waals surface area contributed by atoms with Gasteiger partial charge < -0.3 is 20.7 Å². The Morgan fingerprint density at radius 3 is 2.24 bits per heavy atom. The summed E-state index contributed by atoms with van der Waals surface area (Å²) in [5.41, 5.74) is 4.26. The fourth-order valence-electron chi connectivity index (χ4n) is 6.86. The van der Waals surface area contributed by atoms with E-state index in [-0.39, 0.29) is 65.7 Å². The summed E-state index contributed by atoms with van der Waals surface area (Å²) in [6.07, 6.45) is 2.80. The fraction of sp³-hybridized carbons (Fsp3) is 0.452. The number of carbonyl (C=O) groups is 4. The van der Waals surface area contributed by atoms with Crippen molar-refractivity contribution in [2.75, 3.05) is 18.5 Å². The lowest BCUT2D eigenvalue weighted by Gasteiger charge is -2.29. The SMILES string of the molecule is Cc1cc(C(=O)NC(C)C)ccc1-c1ccc(C[C@H](CC(=O)C2CCC(CNC(=O)OC(C)(C)C)CC2)C(=O)Nc2ccc(C3=NCN=N3)c(F)c2)cc1. The van der Waals surface area contributed by atoms with Crippen LogP contribution in [-0.2, 0) is 20.7 Å². The topological polar surface area (TPSA) is 151 Å². The van der Waals surface area contributed by atoms with Crippen LogP contribution in [0.1, 0.15) is 93.8 Å². The zero-order chi connectivity index (χ0) is 39.0. The third-order valence-electron chi connectivity index (χ3n) is 9.64. The summed E-state index contributed by atoms with van der Waals surface area (Å²) in [6.45, 7) is 11.9. The van der Waals surface area contributed by atoms with E-state index in [1.807, 2.05) is 84.0 Å². The number of azo groups is 1. The Balaban J connectivity index is 1.27. The van der Waals surface area contributed by atoms with Crippen LogP contribution in [0.4, 0.5) is 14.9 Å². The first kappa shape index (κ1) is 39.9. The van der Waals surface area contributed by atoms with Gasteiger partial charge in [0.25, 0.3) is 5.91 Å². The van der Waals surface area contributed by atoms with E-state index >= 15 is 4.39 Å². The summed E-state index contributed by atoms with van der Waals surface area (Å²) >= 11 is 0. The smallest absolute Gasteiger partial charge is 0.407 e. The summed E-state index contributed by atoms with van der Waals surface area (Å²) < 4.78 is 20.4. The zero-order valence-corrected chi connectivity index (χ0v) is 32.0. The molecule has 0 radical (unpaired) electrons. The Kier molecular flexibility index (Phi) is 13.1. The predicted octanol–water partition coefficient (Wildman–Crippen LogP) is 8.20. The minimum atomic E-state index is -0.703. The number of amidine groups is 1. The van der Waals surface area contributed by atoms with Gasteiger partial charge in [0.05, 0.1) is 5.56 Å². The van der Waals surface area contributed by atoms with Crippen molar-refractivity contribution in [2.24, 2.45) is 33.0 Å². The number of aliphatic imine (C=N–C) groups is 1. The lowest BCUT2D eigenvalue weighted by molar-refractivity contribution is -0.129. The second-order valence-corrected chi connectivity index (χ2v) is 15.6. The number of hydrogen-bond donors (Lipinski definition) is 3. The van der Waals surface area contributed by atoms with E-state index < -0.39 is 23.4 Å². The molecule has 0 bridgehead atoms. The van der Waals surface area contributed by atoms with Crippen LogP contribution in [0.15, 0.2) is 75.9 Å². The minimum absolute atomic E-state index is 0.0219. The number of carbonyl (C=O) groups excluding carboxylic acids is 4. The van der Waals surface area contributed by atoms with E-state index in [2.05, 4.69) is 31.2 Å². The number of halogens is 1. The van der Waals surface area contributed by atoms with Gasteiger partial charge in [0, 0.05) is 42.1 Å². The number of nitrogens with zero attached hydrogens (tertiary/aromatic N) is 3. The highest BCUT2D eigenvalue weighted by atomic mass is 19.1. The third kappa shape index (κ3) is 11.1. The molecule has 1 heterocycles. The van der Waals surface area contributed by atoms with Gasteiger partial charge in [-0.15, -0.1) is 5.11 Å². The quantitative estimate of drug-likeness (QED) is 0.162. The molecular formula is C42H51FN6O5. The van der Waals surface area contributed by atoms with Gasteiger partial charge in [-0.05, 0) is 132 Å². The molecule has 1 aliphatic heterocycles. The van der Waals surface area contributed by atoms with Crippen molar-refractivity contribution < 1.29 is 28.3 Å². The number of nitrogens with one attached hydrogen (secondary N) is 3. The van der Waals surface area contributed by atoms with Crippen molar-refractivity contribution in [3.05, 3.63) is 88.7 Å². The maximum Gasteiger partial charge on any atom is 0.407 e. The number of benzene rings is 3. The number of rotatable bonds is 13. The molecule has 1 saturated carbocycles. The van der Waals surface area contributed by atoms with Crippen molar-refractivity contribution in [1.82, 2.24) is 10.6 Å². The molecule has 54 heavy (non-hydrogen) atoms. The molecular weight excluding hydrogens is 687 g/mol. The van der Waals surface area contributed by atoms with Gasteiger partial charge in [0.2, 0.25) is 5.91 Å². The molecule has 0 spiro atoms. The Morgan fingerprint density at radius 2 is 1.63 bits per heavy atom. The molecule has 1 aliphatic carbocycles.